The summed E-state index contributed by atoms with van der Waals surface area (Å²) in [6.45, 7) is 3.89. The number of aryl methyl sites for hydroxylation is 1. The van der Waals surface area contributed by atoms with E-state index in [4.69, 9.17) is 9.15 Å². The van der Waals surface area contributed by atoms with Crippen LogP contribution in [0.15, 0.2) is 33.9 Å². The van der Waals surface area contributed by atoms with E-state index in [1.54, 1.807) is 13.8 Å². The van der Waals surface area contributed by atoms with Gasteiger partial charge in [-0.25, -0.2) is 9.78 Å². The van der Waals surface area contributed by atoms with E-state index < -0.39 is 5.25 Å². The summed E-state index contributed by atoms with van der Waals surface area (Å²) in [6, 6.07) is 7.49. The maximum Gasteiger partial charge on any atom is 0.341 e. The van der Waals surface area contributed by atoms with Crippen LogP contribution in [0.2, 0.25) is 0 Å². The number of nitrogens with one attached hydrogen (secondary N) is 1. The summed E-state index contributed by atoms with van der Waals surface area (Å²) in [6.07, 6.45) is 3.94. The summed E-state index contributed by atoms with van der Waals surface area (Å²) >= 11 is 2.75. The maximum atomic E-state index is 12.8. The molecule has 3 aromatic rings. The van der Waals surface area contributed by atoms with Gasteiger partial charge in [-0.3, -0.25) is 4.79 Å². The molecule has 0 radical (unpaired) electrons. The number of thiophene rings is 1. The van der Waals surface area contributed by atoms with Crippen LogP contribution in [0.25, 0.3) is 11.1 Å². The van der Waals surface area contributed by atoms with Crippen LogP contribution in [0.3, 0.4) is 0 Å². The van der Waals surface area contributed by atoms with Gasteiger partial charge in [-0.1, -0.05) is 23.9 Å². The van der Waals surface area contributed by atoms with Gasteiger partial charge in [0.15, 0.2) is 5.58 Å². The standard InChI is InChI=1S/C21H22N2O4S2/c1-3-26-20(25)17-13-8-4-7-11-16(13)29-19(17)23-18(24)12(2)28-21-22-14-9-5-6-10-15(14)27-21/h5-6,9-10,12H,3-4,7-8,11H2,1-2H3,(H,23,24). The van der Waals surface area contributed by atoms with Crippen molar-refractivity contribution in [3.8, 4) is 0 Å². The first kappa shape index (κ1) is 20.0. The third-order valence-corrected chi connectivity index (χ3v) is 6.96. The maximum absolute atomic E-state index is 12.8. The number of amides is 1. The van der Waals surface area contributed by atoms with Crippen LogP contribution in [0.1, 0.15) is 47.5 Å². The van der Waals surface area contributed by atoms with Crippen molar-refractivity contribution in [2.24, 2.45) is 0 Å². The first-order valence-electron chi connectivity index (χ1n) is 9.71. The van der Waals surface area contributed by atoms with E-state index >= 15 is 0 Å². The van der Waals surface area contributed by atoms with Crippen LogP contribution in [0.4, 0.5) is 5.00 Å². The molecule has 1 unspecified atom stereocenters. The average Bonchev–Trinajstić information content (AvgIpc) is 3.28. The molecular formula is C21H22N2O4S2. The Morgan fingerprint density at radius 3 is 2.90 bits per heavy atom. The SMILES string of the molecule is CCOC(=O)c1c(NC(=O)C(C)Sc2nc3ccccc3o2)sc2c1CCCC2. The van der Waals surface area contributed by atoms with Gasteiger partial charge in [-0.15, -0.1) is 11.3 Å². The third kappa shape index (κ3) is 4.18. The number of aromatic nitrogens is 1. The monoisotopic (exact) mass is 430 g/mol. The number of oxazole rings is 1. The molecule has 1 atom stereocenters. The Morgan fingerprint density at radius 2 is 2.10 bits per heavy atom. The average molecular weight is 431 g/mol. The lowest BCUT2D eigenvalue weighted by Crippen LogP contribution is -2.23. The molecule has 4 rings (SSSR count). The van der Waals surface area contributed by atoms with Crippen LogP contribution < -0.4 is 5.32 Å². The van der Waals surface area contributed by atoms with Crippen molar-refractivity contribution in [3.05, 3.63) is 40.3 Å². The van der Waals surface area contributed by atoms with Gasteiger partial charge in [0.05, 0.1) is 17.4 Å². The van der Waals surface area contributed by atoms with Crippen molar-refractivity contribution in [1.82, 2.24) is 4.98 Å². The quantitative estimate of drug-likeness (QED) is 0.435. The molecule has 29 heavy (non-hydrogen) atoms. The van der Waals surface area contributed by atoms with Gasteiger partial charge in [0.25, 0.3) is 5.22 Å². The molecule has 0 saturated heterocycles. The predicted molar refractivity (Wildman–Crippen MR) is 115 cm³/mol. The number of para-hydroxylation sites is 2. The molecule has 1 aliphatic rings. The molecule has 2 heterocycles. The Hall–Kier alpha value is -2.32. The van der Waals surface area contributed by atoms with E-state index in [-0.39, 0.29) is 11.9 Å². The zero-order valence-corrected chi connectivity index (χ0v) is 18.0. The van der Waals surface area contributed by atoms with Crippen LogP contribution >= 0.6 is 23.1 Å². The fraction of sp³-hybridized carbons (Fsp3) is 0.381. The molecule has 152 valence electrons. The number of carbonyl (C=O) groups excluding carboxylic acids is 2. The van der Waals surface area contributed by atoms with Gasteiger partial charge >= 0.3 is 5.97 Å². The number of hydrogen-bond acceptors (Lipinski definition) is 7. The summed E-state index contributed by atoms with van der Waals surface area (Å²) in [4.78, 5) is 31.0. The second kappa shape index (κ2) is 8.59. The number of thioether (sulfide) groups is 1. The fourth-order valence-electron chi connectivity index (χ4n) is 3.39. The van der Waals surface area contributed by atoms with Crippen molar-refractivity contribution in [2.75, 3.05) is 11.9 Å². The Labute approximate surface area is 177 Å². The summed E-state index contributed by atoms with van der Waals surface area (Å²) in [7, 11) is 0. The zero-order chi connectivity index (χ0) is 20.4. The van der Waals surface area contributed by atoms with Gasteiger partial charge in [0, 0.05) is 4.88 Å². The van der Waals surface area contributed by atoms with E-state index in [0.29, 0.717) is 28.0 Å². The van der Waals surface area contributed by atoms with E-state index in [1.165, 1.54) is 28.0 Å². The second-order valence-electron chi connectivity index (χ2n) is 6.83. The normalized spacial score (nSPS) is 14.4. The van der Waals surface area contributed by atoms with Crippen molar-refractivity contribution >= 4 is 51.1 Å². The smallest absolute Gasteiger partial charge is 0.341 e. The molecule has 8 heteroatoms. The van der Waals surface area contributed by atoms with E-state index in [2.05, 4.69) is 10.3 Å². The largest absolute Gasteiger partial charge is 0.462 e. The molecule has 2 aromatic heterocycles. The number of fused-ring (bicyclic) bond motifs is 2. The Morgan fingerprint density at radius 1 is 1.31 bits per heavy atom. The van der Waals surface area contributed by atoms with Crippen LogP contribution in [-0.4, -0.2) is 28.7 Å². The molecule has 1 amide bonds. The van der Waals surface area contributed by atoms with Crippen molar-refractivity contribution in [1.29, 1.82) is 0 Å². The lowest BCUT2D eigenvalue weighted by atomic mass is 9.95. The topological polar surface area (TPSA) is 81.4 Å². The number of hydrogen-bond donors (Lipinski definition) is 1. The van der Waals surface area contributed by atoms with Crippen molar-refractivity contribution < 1.29 is 18.7 Å². The fourth-order valence-corrected chi connectivity index (χ4v) is 5.43. The van der Waals surface area contributed by atoms with Gasteiger partial charge < -0.3 is 14.5 Å². The summed E-state index contributed by atoms with van der Waals surface area (Å²) in [5.41, 5.74) is 3.02. The Balaban J connectivity index is 1.52. The number of benzene rings is 1. The minimum absolute atomic E-state index is 0.193. The van der Waals surface area contributed by atoms with Crippen molar-refractivity contribution in [2.45, 2.75) is 50.0 Å². The van der Waals surface area contributed by atoms with Gasteiger partial charge in [-0.05, 0) is 57.2 Å². The van der Waals surface area contributed by atoms with E-state index in [1.807, 2.05) is 24.3 Å². The zero-order valence-electron chi connectivity index (χ0n) is 16.3. The molecule has 1 aromatic carbocycles. The highest BCUT2D eigenvalue weighted by Crippen LogP contribution is 2.39. The lowest BCUT2D eigenvalue weighted by molar-refractivity contribution is -0.115. The van der Waals surface area contributed by atoms with E-state index in [9.17, 15) is 9.59 Å². The highest BCUT2D eigenvalue weighted by atomic mass is 32.2. The van der Waals surface area contributed by atoms with Gasteiger partial charge in [0.2, 0.25) is 5.91 Å². The first-order valence-corrected chi connectivity index (χ1v) is 11.4. The van der Waals surface area contributed by atoms with Gasteiger partial charge in [0.1, 0.15) is 10.5 Å². The number of esters is 1. The molecule has 6 nitrogen and oxygen atoms in total. The minimum atomic E-state index is -0.433. The lowest BCUT2D eigenvalue weighted by Gasteiger charge is -2.13. The summed E-state index contributed by atoms with van der Waals surface area (Å²) < 4.78 is 11.0. The number of anilines is 1. The van der Waals surface area contributed by atoms with E-state index in [0.717, 1.165) is 36.8 Å². The number of ether oxygens (including phenoxy) is 1. The molecule has 0 bridgehead atoms. The Kier molecular flexibility index (Phi) is 5.91. The number of carbonyl (C=O) groups is 2. The summed E-state index contributed by atoms with van der Waals surface area (Å²) in [5.74, 6) is -0.553. The van der Waals surface area contributed by atoms with Crippen molar-refractivity contribution in [3.63, 3.8) is 0 Å². The minimum Gasteiger partial charge on any atom is -0.462 e. The molecule has 0 fully saturated rings. The highest BCUT2D eigenvalue weighted by molar-refractivity contribution is 8.00. The third-order valence-electron chi connectivity index (χ3n) is 4.81. The number of rotatable bonds is 6. The summed E-state index contributed by atoms with van der Waals surface area (Å²) in [5, 5.41) is 3.55. The molecule has 0 saturated carbocycles. The van der Waals surface area contributed by atoms with Gasteiger partial charge in [-0.2, -0.15) is 0 Å². The predicted octanol–water partition coefficient (Wildman–Crippen LogP) is 5.06. The molecular weight excluding hydrogens is 408 g/mol. The first-order chi connectivity index (χ1) is 14.1. The molecule has 0 spiro atoms. The van der Waals surface area contributed by atoms with Crippen LogP contribution in [0, 0.1) is 0 Å². The second-order valence-corrected chi connectivity index (χ2v) is 9.23. The highest BCUT2D eigenvalue weighted by Gasteiger charge is 2.28. The van der Waals surface area contributed by atoms with Crippen LogP contribution in [0.5, 0.6) is 0 Å². The van der Waals surface area contributed by atoms with Crippen LogP contribution in [-0.2, 0) is 22.4 Å². The molecule has 0 aliphatic heterocycles. The molecule has 1 aliphatic carbocycles. The molecule has 1 N–H and O–H groups in total. The number of nitrogens with zero attached hydrogens (tertiary/aromatic N) is 1. The Bertz CT molecular complexity index is 1020.